The molecule has 0 atom stereocenters. The van der Waals surface area contributed by atoms with E-state index in [0.29, 0.717) is 68.3 Å². The van der Waals surface area contributed by atoms with Crippen molar-refractivity contribution in [2.24, 2.45) is 5.18 Å². The molecule has 8 aromatic rings. The van der Waals surface area contributed by atoms with Gasteiger partial charge in [0.2, 0.25) is 0 Å². The summed E-state index contributed by atoms with van der Waals surface area (Å²) in [5.74, 6) is 3.25. The Bertz CT molecular complexity index is 4090. The molecule has 40 heteroatoms. The van der Waals surface area contributed by atoms with Crippen LogP contribution in [0.2, 0.25) is 0 Å². The quantitative estimate of drug-likeness (QED) is 0.00537. The molecule has 0 radical (unpaired) electrons. The minimum absolute atomic E-state index is 0. The number of nitrogens with zero attached hydrogens (tertiary/aromatic N) is 4. The fraction of sp³-hybridized carbons (Fsp3) is 0.362. The first kappa shape index (κ1) is 103. The van der Waals surface area contributed by atoms with Crippen molar-refractivity contribution in [3.63, 3.8) is 0 Å². The molecular weight excluding hydrogens is 1560 g/mol. The van der Waals surface area contributed by atoms with Gasteiger partial charge in [0, 0.05) is 165 Å². The van der Waals surface area contributed by atoms with Gasteiger partial charge in [0.15, 0.2) is 0 Å². The summed E-state index contributed by atoms with van der Waals surface area (Å²) in [5.41, 5.74) is 15.8. The number of benzene rings is 8. The maximum atomic E-state index is 11.2. The number of anilines is 5. The number of nitrogen functional groups attached to an aromatic ring is 2. The van der Waals surface area contributed by atoms with Gasteiger partial charge in [-0.1, -0.05) is 60.7 Å². The van der Waals surface area contributed by atoms with Gasteiger partial charge in [-0.2, -0.15) is 33.7 Å². The number of ether oxygens (including phenoxy) is 4. The van der Waals surface area contributed by atoms with Gasteiger partial charge in [-0.05, 0) is 123 Å². The third-order valence-electron chi connectivity index (χ3n) is 14.3. The van der Waals surface area contributed by atoms with Gasteiger partial charge in [0.25, 0.3) is 40.5 Å². The Morgan fingerprint density at radius 1 is 0.413 bits per heavy atom. The molecule has 0 unspecified atom stereocenters. The number of halogens is 2. The summed E-state index contributed by atoms with van der Waals surface area (Å²) in [4.78, 5) is 23.4. The van der Waals surface area contributed by atoms with Crippen LogP contribution in [0, 0.1) is 15.0 Å². The van der Waals surface area contributed by atoms with E-state index >= 15 is 0 Å². The largest absolute Gasteiger partial charge is 1.00 e. The number of aliphatic hydroxyl groups is 7. The number of hydrogen-bond acceptors (Lipinski definition) is 28. The molecule has 0 aromatic heterocycles. The summed E-state index contributed by atoms with van der Waals surface area (Å²) in [6, 6.07) is 40.9. The predicted molar refractivity (Wildman–Crippen MR) is 418 cm³/mol. The van der Waals surface area contributed by atoms with Crippen molar-refractivity contribution < 1.29 is 141 Å². The van der Waals surface area contributed by atoms with Crippen LogP contribution in [0.5, 0.6) is 23.0 Å². The van der Waals surface area contributed by atoms with Crippen LogP contribution in [-0.2, 0) is 40.5 Å². The molecule has 0 saturated heterocycles. The van der Waals surface area contributed by atoms with E-state index in [1.807, 2.05) is 59.5 Å². The molecule has 16 N–H and O–H groups in total. The molecule has 0 heterocycles. The van der Waals surface area contributed by atoms with E-state index in [9.17, 15) is 38.6 Å². The van der Waals surface area contributed by atoms with Crippen molar-refractivity contribution in [1.29, 1.82) is 0 Å². The molecule has 33 nitrogen and oxygen atoms in total. The summed E-state index contributed by atoms with van der Waals surface area (Å²) in [6.45, 7) is 5.50. The Morgan fingerprint density at radius 2 is 0.697 bits per heavy atom. The normalized spacial score (nSPS) is 10.6. The monoisotopic (exact) mass is 1660 g/mol. The van der Waals surface area contributed by atoms with Crippen molar-refractivity contribution in [2.45, 2.75) is 64.5 Å². The number of methoxy groups -OCH3 is 4. The number of rotatable bonds is 32. The van der Waals surface area contributed by atoms with E-state index in [4.69, 9.17) is 106 Å². The van der Waals surface area contributed by atoms with Crippen LogP contribution < -0.4 is 80.0 Å². The number of alkyl halides is 1. The molecule has 109 heavy (non-hydrogen) atoms. The number of hydrogen-bond donors (Lipinski definition) is 14. The van der Waals surface area contributed by atoms with Crippen molar-refractivity contribution in [1.82, 2.24) is 0 Å². The molecule has 0 amide bonds. The number of nitrogens with two attached hydrogens (primary N) is 2. The van der Waals surface area contributed by atoms with E-state index in [2.05, 4.69) is 15.0 Å². The Hall–Kier alpha value is -7.58. The third kappa shape index (κ3) is 38.8. The zero-order valence-electron chi connectivity index (χ0n) is 60.8. The molecule has 0 aliphatic carbocycles. The van der Waals surface area contributed by atoms with Crippen molar-refractivity contribution in [2.75, 3.05) is 146 Å². The predicted octanol–water partition coefficient (Wildman–Crippen LogP) is 4.09. The zero-order chi connectivity index (χ0) is 80.6. The zero-order valence-corrected chi connectivity index (χ0v) is 67.6. The Morgan fingerprint density at radius 3 is 0.954 bits per heavy atom. The van der Waals surface area contributed by atoms with Crippen LogP contribution in [0.25, 0.3) is 21.5 Å². The Kier molecular flexibility index (Phi) is 53.7. The molecule has 0 aliphatic rings. The maximum absolute atomic E-state index is 11.2. The van der Waals surface area contributed by atoms with E-state index in [-0.39, 0.29) is 121 Å². The van der Waals surface area contributed by atoms with Crippen LogP contribution in [0.4, 0.5) is 34.1 Å². The summed E-state index contributed by atoms with van der Waals surface area (Å²) in [6.07, 6.45) is 4.83. The first-order valence-electron chi connectivity index (χ1n) is 32.4. The molecule has 0 saturated carbocycles. The Labute approximate surface area is 668 Å². The molecule has 8 rings (SSSR count). The number of aliphatic hydroxyl groups excluding tert-OH is 7. The average molecular weight is 1660 g/mol. The maximum Gasteiger partial charge on any atom is 1.00 e. The summed E-state index contributed by atoms with van der Waals surface area (Å²) in [7, 11) is -11.5. The second-order valence-corrected chi connectivity index (χ2v) is 27.7. The van der Waals surface area contributed by atoms with Gasteiger partial charge in [-0.25, -0.2) is 0 Å². The molecular formula is C69H97Cl2N7NaO26S4+. The minimum atomic E-state index is -4.47. The summed E-state index contributed by atoms with van der Waals surface area (Å²) < 4.78 is 146. The van der Waals surface area contributed by atoms with Gasteiger partial charge in [-0.3, -0.25) is 28.3 Å². The van der Waals surface area contributed by atoms with Gasteiger partial charge < -0.3 is 80.9 Å². The third-order valence-corrected chi connectivity index (χ3v) is 18.2. The smallest absolute Gasteiger partial charge is 0.497 e. The topological polar surface area (TPSA) is 541 Å². The van der Waals surface area contributed by atoms with Crippen LogP contribution >= 0.6 is 24.0 Å². The van der Waals surface area contributed by atoms with E-state index in [0.717, 1.165) is 97.5 Å². The van der Waals surface area contributed by atoms with Gasteiger partial charge >= 0.3 is 29.6 Å². The first-order valence-corrected chi connectivity index (χ1v) is 38.7. The van der Waals surface area contributed by atoms with E-state index < -0.39 is 60.1 Å². The van der Waals surface area contributed by atoms with E-state index in [1.54, 1.807) is 51.7 Å². The van der Waals surface area contributed by atoms with Crippen LogP contribution in [0.3, 0.4) is 0 Å². The molecule has 0 spiro atoms. The molecule has 8 aromatic carbocycles. The number of nitroso groups, excluding NO2 is 1. The summed E-state index contributed by atoms with van der Waals surface area (Å²) >= 11 is 5.14. The van der Waals surface area contributed by atoms with Crippen molar-refractivity contribution in [3.05, 3.63) is 173 Å². The molecule has 0 fully saturated rings. The first-order chi connectivity index (χ1) is 50.9. The number of fused-ring (bicyclic) bond motifs is 2. The van der Waals surface area contributed by atoms with Gasteiger partial charge in [0.1, 0.15) is 48.3 Å². The molecule has 0 aliphatic heterocycles. The minimum Gasteiger partial charge on any atom is -0.497 e. The standard InChI is InChI=1S/C13H20N2O4.C13H22N2O3.C13H21NO3.2C10H8O6S2.C7H9NO.C3H7ClO.ClH.HNO2.Na/c1-19-13-10-11(4-5-12(13)14-18)15(6-2-8-16)7-3-9-17;1-18-13-10-11(4-5-12(13)14)15(6-2-8-16)7-3-9-17;1-17-13-6-2-5-12(11-13)14(7-3-9-15)8-4-10-16;2*11-17(12,13)9-5-1-3-7-8(9)4-2-6-10(7)18(14,15)16;1-9-7-4-2-3-6(8)5-7;4-2-1-3-5;;2-1-3;/h4-5,10,16-17H,2-3,6-9H2,1H3;4-5,10,16-17H,2-3,6-9,14H2,1H3;2,5-6,11,15-16H,3-4,7-10H2,1H3;2*1-6H,(H,11,12,13)(H,14,15,16);2-5H,8H2,1H3;5H,1-3H2;1H;1H;/q;;;;;;;;;+1. The van der Waals surface area contributed by atoms with Crippen molar-refractivity contribution in [3.8, 4) is 23.0 Å². The fourth-order valence-corrected chi connectivity index (χ4v) is 12.4. The second kappa shape index (κ2) is 56.6. The second-order valence-electron chi connectivity index (χ2n) is 21.7. The van der Waals surface area contributed by atoms with Gasteiger partial charge in [0.05, 0.1) is 34.1 Å². The molecule has 0 bridgehead atoms. The fourth-order valence-electron chi connectivity index (χ4n) is 9.43. The van der Waals surface area contributed by atoms with Crippen LogP contribution in [0.1, 0.15) is 44.9 Å². The van der Waals surface area contributed by atoms with Crippen LogP contribution in [0.15, 0.2) is 182 Å². The summed E-state index contributed by atoms with van der Waals surface area (Å²) in [5, 5.41) is 72.8. The number of nitrogens with one attached hydrogen (secondary N) is 1. The Balaban J connectivity index is 0. The van der Waals surface area contributed by atoms with E-state index in [1.165, 1.54) is 55.6 Å². The molecule has 602 valence electrons. The average Bonchev–Trinajstić information content (AvgIpc) is 0.778. The van der Waals surface area contributed by atoms with Gasteiger partial charge in [-0.15, -0.1) is 28.9 Å². The SMILES string of the molecule is COc1cc(N(CCCO)CCCO)ccc1N.COc1cc(N(CCCO)CCCO)ccc1N=O.COc1cccc(N(CCCO)CCCO)c1.COc1cccc(N)c1.Cl.O=S(=O)(O)c1cccc2c(S(=O)(=O)O)cccc12.O=S(=O)(O)c1cccc2c(S(=O)(=O)O)cccc12.O=[NH+][O-].OCCCCl.[Na+]. The van der Waals surface area contributed by atoms with Crippen molar-refractivity contribution >= 4 is 120 Å². The van der Waals surface area contributed by atoms with Crippen LogP contribution in [-0.4, -0.2) is 207 Å².